The van der Waals surface area contributed by atoms with Crippen LogP contribution in [0, 0.1) is 18.6 Å². The Balaban J connectivity index is 1.87. The summed E-state index contributed by atoms with van der Waals surface area (Å²) >= 11 is 0. The van der Waals surface area contributed by atoms with Gasteiger partial charge in [-0.1, -0.05) is 12.1 Å². The largest absolute Gasteiger partial charge is 0.416 e. The van der Waals surface area contributed by atoms with Crippen molar-refractivity contribution in [3.8, 4) is 22.4 Å². The van der Waals surface area contributed by atoms with Crippen LogP contribution in [0.4, 0.5) is 22.0 Å². The lowest BCUT2D eigenvalue weighted by Gasteiger charge is -2.11. The second-order valence-corrected chi connectivity index (χ2v) is 6.59. The van der Waals surface area contributed by atoms with E-state index in [0.29, 0.717) is 22.9 Å². The van der Waals surface area contributed by atoms with E-state index < -0.39 is 28.9 Å². The molecule has 0 unspecified atom stereocenters. The molecule has 0 radical (unpaired) electrons. The molecule has 4 aromatic rings. The standard InChI is InChI=1S/C21H12F5N3O/c1-11-16(12-2-4-13(5-3-12)21(24,25)26)9-19-27-18(10-20(30)29(19)28-11)15-7-6-14(22)8-17(15)23/h2-10H,1H3. The van der Waals surface area contributed by atoms with Crippen LogP contribution in [0.1, 0.15) is 11.3 Å². The number of hydrogen-bond acceptors (Lipinski definition) is 3. The van der Waals surface area contributed by atoms with E-state index in [1.807, 2.05) is 0 Å². The SMILES string of the molecule is Cc1nn2c(=O)cc(-c3ccc(F)cc3F)nc2cc1-c1ccc(C(F)(F)F)cc1. The van der Waals surface area contributed by atoms with E-state index in [1.54, 1.807) is 6.92 Å². The maximum atomic E-state index is 14.1. The zero-order valence-electron chi connectivity index (χ0n) is 15.3. The van der Waals surface area contributed by atoms with Crippen LogP contribution in [-0.2, 0) is 6.18 Å². The van der Waals surface area contributed by atoms with Crippen LogP contribution in [0.25, 0.3) is 28.0 Å². The number of nitrogens with zero attached hydrogens (tertiary/aromatic N) is 3. The number of rotatable bonds is 2. The van der Waals surface area contributed by atoms with Crippen molar-refractivity contribution in [3.63, 3.8) is 0 Å². The highest BCUT2D eigenvalue weighted by Crippen LogP contribution is 2.32. The van der Waals surface area contributed by atoms with Gasteiger partial charge in [-0.15, -0.1) is 0 Å². The van der Waals surface area contributed by atoms with Crippen molar-refractivity contribution in [3.05, 3.63) is 87.8 Å². The van der Waals surface area contributed by atoms with Crippen LogP contribution in [0.15, 0.2) is 59.4 Å². The number of halogens is 5. The highest BCUT2D eigenvalue weighted by Gasteiger charge is 2.30. The number of fused-ring (bicyclic) bond motifs is 1. The van der Waals surface area contributed by atoms with Crippen molar-refractivity contribution < 1.29 is 22.0 Å². The molecular weight excluding hydrogens is 405 g/mol. The molecule has 0 N–H and O–H groups in total. The van der Waals surface area contributed by atoms with E-state index in [4.69, 9.17) is 0 Å². The molecular formula is C21H12F5N3O. The smallest absolute Gasteiger partial charge is 0.267 e. The van der Waals surface area contributed by atoms with E-state index >= 15 is 0 Å². The summed E-state index contributed by atoms with van der Waals surface area (Å²) < 4.78 is 66.7. The Labute approximate surface area is 166 Å². The van der Waals surface area contributed by atoms with Crippen molar-refractivity contribution in [2.45, 2.75) is 13.1 Å². The summed E-state index contributed by atoms with van der Waals surface area (Å²) in [5.41, 5.74) is -0.0694. The van der Waals surface area contributed by atoms with Crippen molar-refractivity contribution >= 4 is 5.65 Å². The quantitative estimate of drug-likeness (QED) is 0.430. The van der Waals surface area contributed by atoms with E-state index in [0.717, 1.165) is 28.8 Å². The van der Waals surface area contributed by atoms with Crippen LogP contribution in [0.5, 0.6) is 0 Å². The lowest BCUT2D eigenvalue weighted by Crippen LogP contribution is -2.18. The molecule has 0 spiro atoms. The molecule has 9 heteroatoms. The third-order valence-corrected chi connectivity index (χ3v) is 4.56. The summed E-state index contributed by atoms with van der Waals surface area (Å²) in [6, 6.07) is 9.94. The molecule has 0 aliphatic carbocycles. The first-order chi connectivity index (χ1) is 14.1. The number of alkyl halides is 3. The predicted molar refractivity (Wildman–Crippen MR) is 99.8 cm³/mol. The summed E-state index contributed by atoms with van der Waals surface area (Å²) in [5, 5.41) is 4.16. The first-order valence-electron chi connectivity index (χ1n) is 8.68. The summed E-state index contributed by atoms with van der Waals surface area (Å²) in [6.45, 7) is 1.60. The van der Waals surface area contributed by atoms with Crippen LogP contribution in [-0.4, -0.2) is 14.6 Å². The van der Waals surface area contributed by atoms with Crippen molar-refractivity contribution in [1.29, 1.82) is 0 Å². The maximum Gasteiger partial charge on any atom is 0.416 e. The molecule has 2 heterocycles. The van der Waals surface area contributed by atoms with Crippen molar-refractivity contribution in [2.75, 3.05) is 0 Å². The minimum absolute atomic E-state index is 0.0125. The van der Waals surface area contributed by atoms with Gasteiger partial charge >= 0.3 is 6.18 Å². The molecule has 0 aliphatic rings. The zero-order valence-corrected chi connectivity index (χ0v) is 15.3. The van der Waals surface area contributed by atoms with Gasteiger partial charge in [0.2, 0.25) is 0 Å². The Morgan fingerprint density at radius 1 is 0.900 bits per heavy atom. The zero-order chi connectivity index (χ0) is 21.6. The monoisotopic (exact) mass is 417 g/mol. The molecule has 0 saturated heterocycles. The van der Waals surface area contributed by atoms with Gasteiger partial charge in [-0.25, -0.2) is 13.8 Å². The molecule has 152 valence electrons. The first-order valence-corrected chi connectivity index (χ1v) is 8.68. The van der Waals surface area contributed by atoms with Crippen LogP contribution in [0.2, 0.25) is 0 Å². The second-order valence-electron chi connectivity index (χ2n) is 6.59. The van der Waals surface area contributed by atoms with Crippen molar-refractivity contribution in [1.82, 2.24) is 14.6 Å². The molecule has 0 bridgehead atoms. The Bertz CT molecular complexity index is 1330. The third kappa shape index (κ3) is 3.54. The third-order valence-electron chi connectivity index (χ3n) is 4.56. The van der Waals surface area contributed by atoms with Gasteiger partial charge in [-0.05, 0) is 42.8 Å². The van der Waals surface area contributed by atoms with Gasteiger partial charge in [0, 0.05) is 23.3 Å². The Hall–Kier alpha value is -3.62. The predicted octanol–water partition coefficient (Wildman–Crippen LogP) is 5.03. The highest BCUT2D eigenvalue weighted by molar-refractivity contribution is 5.71. The maximum absolute atomic E-state index is 14.1. The summed E-state index contributed by atoms with van der Waals surface area (Å²) in [4.78, 5) is 16.7. The summed E-state index contributed by atoms with van der Waals surface area (Å²) in [6.07, 6.45) is -4.46. The fraction of sp³-hybridized carbons (Fsp3) is 0.0952. The van der Waals surface area contributed by atoms with E-state index in [1.165, 1.54) is 24.3 Å². The summed E-state index contributed by atoms with van der Waals surface area (Å²) in [5.74, 6) is -1.65. The molecule has 2 aromatic heterocycles. The fourth-order valence-corrected chi connectivity index (χ4v) is 3.09. The minimum Gasteiger partial charge on any atom is -0.267 e. The molecule has 0 amide bonds. The van der Waals surface area contributed by atoms with Crippen molar-refractivity contribution in [2.24, 2.45) is 0 Å². The van der Waals surface area contributed by atoms with Gasteiger partial charge in [-0.3, -0.25) is 4.79 Å². The molecule has 0 saturated carbocycles. The van der Waals surface area contributed by atoms with Gasteiger partial charge in [-0.2, -0.15) is 22.8 Å². The average Bonchev–Trinajstić information content (AvgIpc) is 2.67. The summed E-state index contributed by atoms with van der Waals surface area (Å²) in [7, 11) is 0. The fourth-order valence-electron chi connectivity index (χ4n) is 3.09. The van der Waals surface area contributed by atoms with E-state index in [2.05, 4.69) is 10.1 Å². The number of benzene rings is 2. The van der Waals surface area contributed by atoms with Gasteiger partial charge in [0.05, 0.1) is 17.0 Å². The highest BCUT2D eigenvalue weighted by atomic mass is 19.4. The molecule has 4 nitrogen and oxygen atoms in total. The second kappa shape index (κ2) is 7.01. The van der Waals surface area contributed by atoms with Crippen LogP contribution >= 0.6 is 0 Å². The van der Waals surface area contributed by atoms with Gasteiger partial charge in [0.1, 0.15) is 11.6 Å². The molecule has 0 atom stereocenters. The molecule has 0 fully saturated rings. The van der Waals surface area contributed by atoms with Gasteiger partial charge in [0.25, 0.3) is 5.56 Å². The molecule has 0 aliphatic heterocycles. The van der Waals surface area contributed by atoms with E-state index in [9.17, 15) is 26.7 Å². The van der Waals surface area contributed by atoms with Crippen LogP contribution < -0.4 is 5.56 Å². The molecule has 2 aromatic carbocycles. The Morgan fingerprint density at radius 2 is 1.60 bits per heavy atom. The van der Waals surface area contributed by atoms with Gasteiger partial charge < -0.3 is 0 Å². The van der Waals surface area contributed by atoms with E-state index in [-0.39, 0.29) is 16.9 Å². The molecule has 30 heavy (non-hydrogen) atoms. The lowest BCUT2D eigenvalue weighted by molar-refractivity contribution is -0.137. The van der Waals surface area contributed by atoms with Crippen LogP contribution in [0.3, 0.4) is 0 Å². The number of hydrogen-bond donors (Lipinski definition) is 0. The van der Waals surface area contributed by atoms with Gasteiger partial charge in [0.15, 0.2) is 5.65 Å². The first kappa shape index (κ1) is 19.7. The normalized spacial score (nSPS) is 11.8. The topological polar surface area (TPSA) is 47.3 Å². The minimum atomic E-state index is -4.46. The Morgan fingerprint density at radius 3 is 2.23 bits per heavy atom. The Kier molecular flexibility index (Phi) is 4.60. The average molecular weight is 417 g/mol. The number of aryl methyl sites for hydroxylation is 1. The number of aromatic nitrogens is 3. The lowest BCUT2D eigenvalue weighted by atomic mass is 10.0. The molecule has 4 rings (SSSR count).